The van der Waals surface area contributed by atoms with Crippen LogP contribution in [0.1, 0.15) is 134 Å². The molecule has 0 fully saturated rings. The third-order valence-electron chi connectivity index (χ3n) is 9.12. The van der Waals surface area contributed by atoms with Crippen LogP contribution in [0.4, 0.5) is 5.69 Å². The number of aromatic nitrogens is 4. The van der Waals surface area contributed by atoms with Gasteiger partial charge in [0.15, 0.2) is 11.5 Å². The molecule has 0 amide bonds. The Kier molecular flexibility index (Phi) is 13.1. The second kappa shape index (κ2) is 16.9. The van der Waals surface area contributed by atoms with Crippen molar-refractivity contribution < 1.29 is 4.74 Å². The van der Waals surface area contributed by atoms with Crippen molar-refractivity contribution in [2.45, 2.75) is 131 Å². The van der Waals surface area contributed by atoms with E-state index >= 15 is 0 Å². The molecular weight excluding hydrogens is 566 g/mol. The Morgan fingerprint density at radius 1 is 0.783 bits per heavy atom. The molecule has 0 bridgehead atoms. The molecule has 0 spiro atoms. The molecule has 250 valence electrons. The average molecular weight is 626 g/mol. The molecule has 2 aromatic carbocycles. The monoisotopic (exact) mass is 625 g/mol. The lowest BCUT2D eigenvalue weighted by Crippen LogP contribution is -2.26. The van der Waals surface area contributed by atoms with Gasteiger partial charge in [0.25, 0.3) is 0 Å². The third kappa shape index (κ3) is 9.11. The highest BCUT2D eigenvalue weighted by Crippen LogP contribution is 2.30. The van der Waals surface area contributed by atoms with Gasteiger partial charge in [-0.25, -0.2) is 0 Å². The predicted molar refractivity (Wildman–Crippen MR) is 195 cm³/mol. The van der Waals surface area contributed by atoms with Gasteiger partial charge in [0.05, 0.1) is 18.4 Å². The van der Waals surface area contributed by atoms with Crippen molar-refractivity contribution in [1.29, 1.82) is 0 Å². The number of unbranched alkanes of at least 4 members (excludes halogenated alkanes) is 10. The number of hydrogen-bond donors (Lipinski definition) is 0. The number of nitrogens with zero attached hydrogens (tertiary/aromatic N) is 5. The standard InChI is InChI=1S/C40H59N5O/c1-9-11-13-15-17-19-25-44(26-20-18-16-14-12-10-2)33-23-22-32(31(4)28-33)29-35-37(40(5,6)7)43-45-38(41-42-39(35)45)34-27-30(3)21-24-36(34)46-8/h21-24,27-29H,9-20,25-26H2,1-8H3/b35-29-. The second-order valence-electron chi connectivity index (χ2n) is 14.2. The molecule has 46 heavy (non-hydrogen) atoms. The van der Waals surface area contributed by atoms with E-state index in [9.17, 15) is 0 Å². The Morgan fingerprint density at radius 3 is 2.00 bits per heavy atom. The molecule has 6 heteroatoms. The van der Waals surface area contributed by atoms with Gasteiger partial charge in [0.1, 0.15) is 5.75 Å². The Labute approximate surface area is 278 Å². The maximum Gasteiger partial charge on any atom is 0.189 e. The summed E-state index contributed by atoms with van der Waals surface area (Å²) in [5.41, 5.74) is 7.47. The van der Waals surface area contributed by atoms with Crippen LogP contribution in [0.3, 0.4) is 0 Å². The molecule has 0 aliphatic heterocycles. The van der Waals surface area contributed by atoms with Crippen LogP contribution < -0.4 is 14.9 Å². The molecule has 0 aliphatic rings. The number of fused-ring (bicyclic) bond motifs is 1. The second-order valence-corrected chi connectivity index (χ2v) is 14.2. The minimum atomic E-state index is -0.167. The highest BCUT2D eigenvalue weighted by molar-refractivity contribution is 5.70. The summed E-state index contributed by atoms with van der Waals surface area (Å²) in [7, 11) is 1.69. The van der Waals surface area contributed by atoms with E-state index in [-0.39, 0.29) is 5.41 Å². The minimum absolute atomic E-state index is 0.167. The highest BCUT2D eigenvalue weighted by Gasteiger charge is 2.25. The maximum absolute atomic E-state index is 5.69. The van der Waals surface area contributed by atoms with Crippen molar-refractivity contribution in [2.75, 3.05) is 25.1 Å². The average Bonchev–Trinajstić information content (AvgIpc) is 3.60. The van der Waals surface area contributed by atoms with Crippen LogP contribution in [-0.2, 0) is 5.41 Å². The first kappa shape index (κ1) is 35.4. The van der Waals surface area contributed by atoms with E-state index in [1.807, 2.05) is 16.6 Å². The number of ether oxygens (including phenoxy) is 1. The molecule has 0 N–H and O–H groups in total. The normalized spacial score (nSPS) is 12.4. The molecule has 0 unspecified atom stereocenters. The van der Waals surface area contributed by atoms with E-state index in [1.165, 1.54) is 93.9 Å². The number of hydrogen-bond acceptors (Lipinski definition) is 5. The largest absolute Gasteiger partial charge is 0.496 e. The first-order valence-electron chi connectivity index (χ1n) is 18.0. The molecule has 0 atom stereocenters. The van der Waals surface area contributed by atoms with Gasteiger partial charge < -0.3 is 9.64 Å². The summed E-state index contributed by atoms with van der Waals surface area (Å²) in [6.07, 6.45) is 18.2. The third-order valence-corrected chi connectivity index (χ3v) is 9.12. The van der Waals surface area contributed by atoms with Crippen LogP contribution in [0.2, 0.25) is 0 Å². The van der Waals surface area contributed by atoms with E-state index in [4.69, 9.17) is 9.84 Å². The Bertz CT molecular complexity index is 1570. The van der Waals surface area contributed by atoms with Crippen LogP contribution in [0.25, 0.3) is 23.1 Å². The molecule has 0 saturated carbocycles. The quantitative estimate of drug-likeness (QED) is 0.103. The molecule has 0 radical (unpaired) electrons. The highest BCUT2D eigenvalue weighted by atomic mass is 16.5. The van der Waals surface area contributed by atoms with Crippen molar-refractivity contribution >= 4 is 17.4 Å². The number of benzene rings is 2. The van der Waals surface area contributed by atoms with Gasteiger partial charge in [-0.15, -0.1) is 10.2 Å². The van der Waals surface area contributed by atoms with Gasteiger partial charge in [-0.05, 0) is 68.2 Å². The Hall–Kier alpha value is -3.41. The van der Waals surface area contributed by atoms with Crippen molar-refractivity contribution in [3.05, 3.63) is 64.0 Å². The SMILES string of the molecule is CCCCCCCCN(CCCCCCCC)c1ccc(/C=c2/c(C(C)(C)C)nn3c(-c4cc(C)ccc4OC)nnc23)c(C)c1. The fourth-order valence-corrected chi connectivity index (χ4v) is 6.36. The Balaban J connectivity index is 1.65. The molecule has 2 heterocycles. The molecule has 4 rings (SSSR count). The fourth-order valence-electron chi connectivity index (χ4n) is 6.36. The summed E-state index contributed by atoms with van der Waals surface area (Å²) in [6, 6.07) is 13.1. The predicted octanol–water partition coefficient (Wildman–Crippen LogP) is 9.79. The van der Waals surface area contributed by atoms with Gasteiger partial charge in [-0.3, -0.25) is 0 Å². The molecule has 0 aliphatic carbocycles. The maximum atomic E-state index is 5.69. The molecule has 6 nitrogen and oxygen atoms in total. The van der Waals surface area contributed by atoms with Crippen molar-refractivity contribution in [2.24, 2.45) is 0 Å². The van der Waals surface area contributed by atoms with Crippen molar-refractivity contribution in [3.63, 3.8) is 0 Å². The molecule has 4 aromatic rings. The van der Waals surface area contributed by atoms with Crippen LogP contribution in [0, 0.1) is 13.8 Å². The molecular formula is C40H59N5O. The zero-order valence-corrected chi connectivity index (χ0v) is 30.1. The van der Waals surface area contributed by atoms with E-state index in [0.29, 0.717) is 5.82 Å². The number of anilines is 1. The first-order chi connectivity index (χ1) is 22.2. The number of aryl methyl sites for hydroxylation is 2. The van der Waals surface area contributed by atoms with Crippen LogP contribution in [0.15, 0.2) is 36.4 Å². The minimum Gasteiger partial charge on any atom is -0.496 e. The Morgan fingerprint density at radius 2 is 1.41 bits per heavy atom. The lowest BCUT2D eigenvalue weighted by atomic mass is 9.90. The van der Waals surface area contributed by atoms with E-state index < -0.39 is 0 Å². The zero-order valence-electron chi connectivity index (χ0n) is 30.1. The zero-order chi connectivity index (χ0) is 33.1. The summed E-state index contributed by atoms with van der Waals surface area (Å²) in [5.74, 6) is 1.47. The summed E-state index contributed by atoms with van der Waals surface area (Å²) in [4.78, 5) is 2.64. The number of rotatable bonds is 18. The summed E-state index contributed by atoms with van der Waals surface area (Å²) < 4.78 is 7.59. The van der Waals surface area contributed by atoms with Gasteiger partial charge in [0, 0.05) is 29.4 Å². The van der Waals surface area contributed by atoms with Crippen molar-refractivity contribution in [3.8, 4) is 17.1 Å². The van der Waals surface area contributed by atoms with Gasteiger partial charge in [-0.2, -0.15) is 9.61 Å². The first-order valence-corrected chi connectivity index (χ1v) is 18.0. The number of methoxy groups -OCH3 is 1. The van der Waals surface area contributed by atoms with Crippen LogP contribution in [-0.4, -0.2) is 40.0 Å². The van der Waals surface area contributed by atoms with Gasteiger partial charge in [0.2, 0.25) is 0 Å². The summed E-state index contributed by atoms with van der Waals surface area (Å²) >= 11 is 0. The lowest BCUT2D eigenvalue weighted by molar-refractivity contribution is 0.416. The summed E-state index contributed by atoms with van der Waals surface area (Å²) in [5, 5.41) is 15.4. The van der Waals surface area contributed by atoms with Crippen LogP contribution in [0.5, 0.6) is 5.75 Å². The van der Waals surface area contributed by atoms with Crippen molar-refractivity contribution in [1.82, 2.24) is 19.8 Å². The van der Waals surface area contributed by atoms with Crippen LogP contribution >= 0.6 is 0 Å². The van der Waals surface area contributed by atoms with Gasteiger partial charge in [-0.1, -0.05) is 117 Å². The summed E-state index contributed by atoms with van der Waals surface area (Å²) in [6.45, 7) is 17.8. The topological polar surface area (TPSA) is 55.6 Å². The fraction of sp³-hybridized carbons (Fsp3) is 0.575. The molecule has 0 saturated heterocycles. The van der Waals surface area contributed by atoms with E-state index in [2.05, 4.69) is 93.9 Å². The lowest BCUT2D eigenvalue weighted by Gasteiger charge is -2.26. The van der Waals surface area contributed by atoms with E-state index in [0.717, 1.165) is 46.5 Å². The van der Waals surface area contributed by atoms with E-state index in [1.54, 1.807) is 7.11 Å². The smallest absolute Gasteiger partial charge is 0.189 e. The molecule has 2 aromatic heterocycles. The van der Waals surface area contributed by atoms with Gasteiger partial charge >= 0.3 is 0 Å².